The van der Waals surface area contributed by atoms with E-state index in [1.807, 2.05) is 19.5 Å². The Morgan fingerprint density at radius 1 is 1.53 bits per heavy atom. The average molecular weight is 289 g/mol. The largest absolute Gasteiger partial charge is 0.307 e. The Balaban J connectivity index is 2.44. The van der Waals surface area contributed by atoms with Gasteiger partial charge in [-0.3, -0.25) is 0 Å². The Morgan fingerprint density at radius 2 is 2.33 bits per heavy atom. The fourth-order valence-electron chi connectivity index (χ4n) is 1.37. The van der Waals surface area contributed by atoms with Gasteiger partial charge in [0.25, 0.3) is 0 Å². The average Bonchev–Trinajstić information content (AvgIpc) is 2.83. The lowest BCUT2D eigenvalue weighted by Crippen LogP contribution is -2.21. The van der Waals surface area contributed by atoms with Crippen molar-refractivity contribution in [2.45, 2.75) is 6.04 Å². The van der Waals surface area contributed by atoms with Crippen molar-refractivity contribution >= 4 is 27.5 Å². The summed E-state index contributed by atoms with van der Waals surface area (Å²) < 4.78 is 6.28. The second-order valence-electron chi connectivity index (χ2n) is 2.94. The predicted octanol–water partition coefficient (Wildman–Crippen LogP) is 0.738. The molecule has 1 atom stereocenters. The number of hydrogen-bond donors (Lipinski definition) is 1. The van der Waals surface area contributed by atoms with Crippen LogP contribution in [0.25, 0.3) is 0 Å². The fraction of sp³-hybridized carbons (Fsp3) is 0.429. The van der Waals surface area contributed by atoms with E-state index in [0.29, 0.717) is 0 Å². The molecule has 0 radical (unpaired) electrons. The highest BCUT2D eigenvalue weighted by Crippen LogP contribution is 2.25. The van der Waals surface area contributed by atoms with Crippen molar-refractivity contribution in [3.05, 3.63) is 21.4 Å². The molecule has 1 unspecified atom stereocenters. The van der Waals surface area contributed by atoms with Gasteiger partial charge in [-0.15, -0.1) is 10.2 Å². The number of nitrogens with one attached hydrogen (secondary N) is 1. The number of hydrogen-bond acceptors (Lipinski definition) is 6. The molecule has 0 bridgehead atoms. The van der Waals surface area contributed by atoms with Crippen LogP contribution in [-0.4, -0.2) is 31.6 Å². The first kappa shape index (κ1) is 10.7. The summed E-state index contributed by atoms with van der Waals surface area (Å²) in [6.45, 7) is 0. The maximum Gasteiger partial charge on any atom is 0.153 e. The van der Waals surface area contributed by atoms with Gasteiger partial charge in [-0.2, -0.15) is 0 Å². The zero-order chi connectivity index (χ0) is 10.8. The molecular weight excluding hydrogens is 280 g/mol. The summed E-state index contributed by atoms with van der Waals surface area (Å²) in [7, 11) is 3.71. The number of rotatable bonds is 3. The Hall–Kier alpha value is -0.860. The molecule has 0 spiro atoms. The van der Waals surface area contributed by atoms with Gasteiger partial charge < -0.3 is 5.32 Å². The van der Waals surface area contributed by atoms with Crippen LogP contribution in [0.2, 0.25) is 0 Å². The van der Waals surface area contributed by atoms with Gasteiger partial charge in [-0.1, -0.05) is 9.70 Å². The third kappa shape index (κ3) is 1.92. The Kier molecular flexibility index (Phi) is 3.08. The first-order chi connectivity index (χ1) is 7.24. The maximum atomic E-state index is 4.04. The predicted molar refractivity (Wildman–Crippen MR) is 59.5 cm³/mol. The van der Waals surface area contributed by atoms with Crippen molar-refractivity contribution in [2.24, 2.45) is 7.05 Å². The van der Waals surface area contributed by atoms with Crippen molar-refractivity contribution in [1.29, 1.82) is 0 Å². The molecule has 2 aromatic heterocycles. The van der Waals surface area contributed by atoms with Gasteiger partial charge in [0.1, 0.15) is 0 Å². The molecule has 6 nitrogen and oxygen atoms in total. The standard InChI is InChI=1S/C7H9BrN6S/c1-9-5(4-3-15-13-10-4)6-7(8)11-12-14(6)2/h3,5,9H,1-2H3. The molecule has 2 rings (SSSR count). The van der Waals surface area contributed by atoms with E-state index < -0.39 is 0 Å². The Bertz CT molecular complexity index is 419. The molecule has 0 saturated carbocycles. The highest BCUT2D eigenvalue weighted by atomic mass is 79.9. The molecule has 2 aromatic rings. The van der Waals surface area contributed by atoms with Crippen molar-refractivity contribution in [3.63, 3.8) is 0 Å². The van der Waals surface area contributed by atoms with Crippen molar-refractivity contribution in [1.82, 2.24) is 29.9 Å². The van der Waals surface area contributed by atoms with E-state index in [4.69, 9.17) is 0 Å². The minimum absolute atomic E-state index is 0.0434. The van der Waals surface area contributed by atoms with Crippen LogP contribution in [-0.2, 0) is 7.05 Å². The van der Waals surface area contributed by atoms with Gasteiger partial charge in [0, 0.05) is 12.4 Å². The molecule has 0 fully saturated rings. The summed E-state index contributed by atoms with van der Waals surface area (Å²) in [5.41, 5.74) is 1.80. The molecule has 0 amide bonds. The van der Waals surface area contributed by atoms with Crippen molar-refractivity contribution < 1.29 is 0 Å². The highest BCUT2D eigenvalue weighted by Gasteiger charge is 2.22. The van der Waals surface area contributed by atoms with E-state index in [9.17, 15) is 0 Å². The summed E-state index contributed by atoms with van der Waals surface area (Å²) in [5, 5.41) is 17.0. The lowest BCUT2D eigenvalue weighted by Gasteiger charge is -2.13. The molecule has 8 heteroatoms. The molecule has 0 aromatic carbocycles. The second-order valence-corrected chi connectivity index (χ2v) is 4.30. The molecule has 2 heterocycles. The Morgan fingerprint density at radius 3 is 2.80 bits per heavy atom. The molecule has 1 N–H and O–H groups in total. The SMILES string of the molecule is CNC(c1csnn1)c1c(Br)nnn1C. The summed E-state index contributed by atoms with van der Waals surface area (Å²) >= 11 is 4.69. The summed E-state index contributed by atoms with van der Waals surface area (Å²) in [6.07, 6.45) is 0. The summed E-state index contributed by atoms with van der Waals surface area (Å²) in [5.74, 6) is 0. The molecule has 0 saturated heterocycles. The van der Waals surface area contributed by atoms with Crippen molar-refractivity contribution in [3.8, 4) is 0 Å². The van der Waals surface area contributed by atoms with E-state index >= 15 is 0 Å². The maximum absolute atomic E-state index is 4.04. The molecule has 0 aliphatic carbocycles. The van der Waals surface area contributed by atoms with E-state index in [1.165, 1.54) is 11.5 Å². The molecule has 0 aliphatic rings. The normalized spacial score (nSPS) is 13.0. The third-order valence-corrected chi connectivity index (χ3v) is 3.15. The van der Waals surface area contributed by atoms with Gasteiger partial charge in [0.2, 0.25) is 0 Å². The van der Waals surface area contributed by atoms with Crippen LogP contribution in [0, 0.1) is 0 Å². The monoisotopic (exact) mass is 288 g/mol. The van der Waals surface area contributed by atoms with E-state index in [2.05, 4.69) is 41.1 Å². The van der Waals surface area contributed by atoms with Crippen LogP contribution >= 0.6 is 27.5 Å². The minimum atomic E-state index is -0.0434. The van der Waals surface area contributed by atoms with E-state index in [0.717, 1.165) is 16.0 Å². The zero-order valence-corrected chi connectivity index (χ0v) is 10.6. The van der Waals surface area contributed by atoms with Crippen LogP contribution < -0.4 is 5.32 Å². The summed E-state index contributed by atoms with van der Waals surface area (Å²) in [6, 6.07) is -0.0434. The van der Waals surface area contributed by atoms with Crippen LogP contribution in [0.15, 0.2) is 9.98 Å². The first-order valence-corrected chi connectivity index (χ1v) is 5.86. The molecule has 15 heavy (non-hydrogen) atoms. The van der Waals surface area contributed by atoms with Crippen molar-refractivity contribution in [2.75, 3.05) is 7.05 Å². The summed E-state index contributed by atoms with van der Waals surface area (Å²) in [4.78, 5) is 0. The number of halogens is 1. The van der Waals surface area contributed by atoms with Gasteiger partial charge in [-0.25, -0.2) is 4.68 Å². The molecular formula is C7H9BrN6S. The minimum Gasteiger partial charge on any atom is -0.307 e. The highest BCUT2D eigenvalue weighted by molar-refractivity contribution is 9.10. The smallest absolute Gasteiger partial charge is 0.153 e. The third-order valence-electron chi connectivity index (χ3n) is 2.06. The Labute approximate surface area is 99.0 Å². The topological polar surface area (TPSA) is 68.5 Å². The number of aryl methyl sites for hydroxylation is 1. The van der Waals surface area contributed by atoms with Gasteiger partial charge in [0.05, 0.1) is 17.4 Å². The number of aromatic nitrogens is 5. The van der Waals surface area contributed by atoms with Crippen LogP contribution in [0.3, 0.4) is 0 Å². The van der Waals surface area contributed by atoms with Crippen LogP contribution in [0.1, 0.15) is 17.4 Å². The quantitative estimate of drug-likeness (QED) is 0.902. The van der Waals surface area contributed by atoms with E-state index in [-0.39, 0.29) is 6.04 Å². The number of nitrogens with zero attached hydrogens (tertiary/aromatic N) is 5. The van der Waals surface area contributed by atoms with Gasteiger partial charge >= 0.3 is 0 Å². The molecule has 0 aliphatic heterocycles. The fourth-order valence-corrected chi connectivity index (χ4v) is 2.40. The van der Waals surface area contributed by atoms with Crippen LogP contribution in [0.4, 0.5) is 0 Å². The van der Waals surface area contributed by atoms with E-state index in [1.54, 1.807) is 4.68 Å². The van der Waals surface area contributed by atoms with Gasteiger partial charge in [-0.05, 0) is 34.5 Å². The first-order valence-electron chi connectivity index (χ1n) is 4.23. The lowest BCUT2D eigenvalue weighted by atomic mass is 10.2. The molecule has 80 valence electrons. The van der Waals surface area contributed by atoms with Gasteiger partial charge in [0.15, 0.2) is 4.60 Å². The lowest BCUT2D eigenvalue weighted by molar-refractivity contribution is 0.585. The second kappa shape index (κ2) is 4.33. The zero-order valence-electron chi connectivity index (χ0n) is 8.18. The van der Waals surface area contributed by atoms with Crippen LogP contribution in [0.5, 0.6) is 0 Å².